The van der Waals surface area contributed by atoms with Crippen LogP contribution in [0.2, 0.25) is 0 Å². The molecule has 1 saturated heterocycles. The van der Waals surface area contributed by atoms with Crippen LogP contribution < -0.4 is 10.6 Å². The third-order valence-corrected chi connectivity index (χ3v) is 7.09. The summed E-state index contributed by atoms with van der Waals surface area (Å²) in [4.78, 5) is 4.32. The number of nitrogens with one attached hydrogen (secondary N) is 2. The van der Waals surface area contributed by atoms with E-state index in [9.17, 15) is 8.42 Å². The van der Waals surface area contributed by atoms with Crippen LogP contribution >= 0.6 is 24.0 Å². The van der Waals surface area contributed by atoms with Gasteiger partial charge in [-0.25, -0.2) is 8.42 Å². The van der Waals surface area contributed by atoms with Crippen LogP contribution in [0.25, 0.3) is 0 Å². The fourth-order valence-electron chi connectivity index (χ4n) is 4.23. The van der Waals surface area contributed by atoms with Crippen LogP contribution in [0.15, 0.2) is 4.99 Å². The number of aliphatic imine (C=N–C) groups is 1. The van der Waals surface area contributed by atoms with Gasteiger partial charge in [0.05, 0.1) is 6.26 Å². The zero-order valence-electron chi connectivity index (χ0n) is 17.0. The lowest BCUT2D eigenvalue weighted by Gasteiger charge is -2.30. The first kappa shape index (κ1) is 24.9. The summed E-state index contributed by atoms with van der Waals surface area (Å²) in [6.45, 7) is 5.73. The van der Waals surface area contributed by atoms with Crippen molar-refractivity contribution in [3.8, 4) is 0 Å². The molecule has 160 valence electrons. The fourth-order valence-corrected chi connectivity index (χ4v) is 5.41. The lowest BCUT2D eigenvalue weighted by Crippen LogP contribution is -2.48. The Morgan fingerprint density at radius 2 is 1.96 bits per heavy atom. The molecule has 27 heavy (non-hydrogen) atoms. The summed E-state index contributed by atoms with van der Waals surface area (Å²) >= 11 is 0. The highest BCUT2D eigenvalue weighted by Gasteiger charge is 2.34. The third-order valence-electron chi connectivity index (χ3n) is 5.75. The molecule has 0 amide bonds. The number of halogens is 1. The predicted molar refractivity (Wildman–Crippen MR) is 121 cm³/mol. The molecule has 0 bridgehead atoms. The second kappa shape index (κ2) is 11.8. The quantitative estimate of drug-likeness (QED) is 0.213. The summed E-state index contributed by atoms with van der Waals surface area (Å²) in [6.07, 6.45) is 9.22. The van der Waals surface area contributed by atoms with Crippen molar-refractivity contribution in [3.63, 3.8) is 0 Å². The van der Waals surface area contributed by atoms with Crippen molar-refractivity contribution in [2.24, 2.45) is 10.4 Å². The lowest BCUT2D eigenvalue weighted by molar-refractivity contribution is 0.105. The van der Waals surface area contributed by atoms with Crippen LogP contribution in [0, 0.1) is 5.41 Å². The molecule has 0 aromatic heterocycles. The maximum atomic E-state index is 11.9. The van der Waals surface area contributed by atoms with E-state index in [1.165, 1.54) is 31.9 Å². The highest BCUT2D eigenvalue weighted by molar-refractivity contribution is 14.0. The largest absolute Gasteiger partial charge is 0.382 e. The zero-order chi connectivity index (χ0) is 19.0. The van der Waals surface area contributed by atoms with E-state index in [2.05, 4.69) is 15.6 Å². The van der Waals surface area contributed by atoms with E-state index >= 15 is 0 Å². The summed E-state index contributed by atoms with van der Waals surface area (Å²) in [5.74, 6) is 0.757. The van der Waals surface area contributed by atoms with Gasteiger partial charge in [-0.3, -0.25) is 4.99 Å². The van der Waals surface area contributed by atoms with Crippen molar-refractivity contribution in [1.29, 1.82) is 0 Å². The van der Waals surface area contributed by atoms with Gasteiger partial charge in [0.1, 0.15) is 0 Å². The first-order valence-corrected chi connectivity index (χ1v) is 11.7. The fraction of sp³-hybridized carbons (Fsp3) is 0.944. The summed E-state index contributed by atoms with van der Waals surface area (Å²) in [5.41, 5.74) is 0.291. The van der Waals surface area contributed by atoms with Crippen molar-refractivity contribution in [2.45, 2.75) is 57.9 Å². The minimum atomic E-state index is -3.14. The van der Waals surface area contributed by atoms with Gasteiger partial charge in [0.15, 0.2) is 5.96 Å². The molecule has 1 heterocycles. The molecule has 1 aliphatic carbocycles. The average Bonchev–Trinajstić information content (AvgIpc) is 3.25. The van der Waals surface area contributed by atoms with Crippen LogP contribution in [0.5, 0.6) is 0 Å². The van der Waals surface area contributed by atoms with E-state index in [0.29, 0.717) is 18.5 Å². The van der Waals surface area contributed by atoms with Gasteiger partial charge in [0.25, 0.3) is 0 Å². The Labute approximate surface area is 182 Å². The van der Waals surface area contributed by atoms with Crippen molar-refractivity contribution >= 4 is 40.0 Å². The van der Waals surface area contributed by atoms with E-state index in [-0.39, 0.29) is 30.0 Å². The molecule has 7 nitrogen and oxygen atoms in total. The Kier molecular flexibility index (Phi) is 10.9. The normalized spacial score (nSPS) is 23.2. The van der Waals surface area contributed by atoms with Crippen molar-refractivity contribution in [3.05, 3.63) is 0 Å². The van der Waals surface area contributed by atoms with Crippen LogP contribution in [0.4, 0.5) is 0 Å². The van der Waals surface area contributed by atoms with E-state index in [1.54, 1.807) is 11.4 Å². The molecule has 9 heteroatoms. The van der Waals surface area contributed by atoms with Gasteiger partial charge in [-0.15, -0.1) is 24.0 Å². The van der Waals surface area contributed by atoms with Crippen LogP contribution in [0.3, 0.4) is 0 Å². The van der Waals surface area contributed by atoms with E-state index in [0.717, 1.165) is 45.0 Å². The number of sulfonamides is 1. The maximum Gasteiger partial charge on any atom is 0.211 e. The molecule has 0 radical (unpaired) electrons. The molecule has 0 unspecified atom stereocenters. The number of hydrogen-bond acceptors (Lipinski definition) is 4. The van der Waals surface area contributed by atoms with Gasteiger partial charge in [-0.1, -0.05) is 12.8 Å². The first-order chi connectivity index (χ1) is 12.4. The molecule has 2 fully saturated rings. The van der Waals surface area contributed by atoms with Gasteiger partial charge in [0.2, 0.25) is 10.0 Å². The van der Waals surface area contributed by atoms with Crippen molar-refractivity contribution < 1.29 is 13.2 Å². The highest BCUT2D eigenvalue weighted by atomic mass is 127. The number of nitrogens with zero attached hydrogens (tertiary/aromatic N) is 2. The molecule has 0 aromatic rings. The van der Waals surface area contributed by atoms with Crippen LogP contribution in [-0.4, -0.2) is 70.9 Å². The molecular formula is C18H37IN4O3S. The Morgan fingerprint density at radius 3 is 2.56 bits per heavy atom. The Bertz CT molecular complexity index is 565. The summed E-state index contributed by atoms with van der Waals surface area (Å²) in [6, 6.07) is 0.0157. The first-order valence-electron chi connectivity index (χ1n) is 9.89. The van der Waals surface area contributed by atoms with Crippen LogP contribution in [-0.2, 0) is 14.8 Å². The monoisotopic (exact) mass is 516 g/mol. The van der Waals surface area contributed by atoms with Crippen molar-refractivity contribution in [2.75, 3.05) is 46.2 Å². The second-order valence-electron chi connectivity index (χ2n) is 7.63. The minimum Gasteiger partial charge on any atom is -0.382 e. The summed E-state index contributed by atoms with van der Waals surface area (Å²) in [5, 5.41) is 6.80. The molecule has 2 aliphatic rings. The maximum absolute atomic E-state index is 11.9. The molecule has 0 spiro atoms. The van der Waals surface area contributed by atoms with Crippen LogP contribution in [0.1, 0.15) is 51.9 Å². The summed E-state index contributed by atoms with van der Waals surface area (Å²) < 4.78 is 30.9. The third kappa shape index (κ3) is 7.66. The smallest absolute Gasteiger partial charge is 0.211 e. The highest BCUT2D eigenvalue weighted by Crippen LogP contribution is 2.40. The van der Waals surface area contributed by atoms with E-state index < -0.39 is 10.0 Å². The molecule has 2 rings (SSSR count). The predicted octanol–water partition coefficient (Wildman–Crippen LogP) is 2.18. The topological polar surface area (TPSA) is 83.0 Å². The molecular weight excluding hydrogens is 479 g/mol. The Hall–Kier alpha value is -0.130. The standard InChI is InChI=1S/C18H36N4O3S.HI/c1-4-25-13-11-18(9-5-6-10-18)15-21-17(19-2)20-14-16-8-7-12-22(16)26(3,23)24;/h16H,4-15H2,1-3H3,(H2,19,20,21);1H/t16-;/m1./s1. The molecule has 1 saturated carbocycles. The molecule has 1 aliphatic heterocycles. The van der Waals surface area contributed by atoms with E-state index in [4.69, 9.17) is 4.74 Å². The van der Waals surface area contributed by atoms with E-state index in [1.807, 2.05) is 6.92 Å². The second-order valence-corrected chi connectivity index (χ2v) is 9.57. The summed E-state index contributed by atoms with van der Waals surface area (Å²) in [7, 11) is -1.37. The molecule has 1 atom stereocenters. The van der Waals surface area contributed by atoms with Gasteiger partial charge < -0.3 is 15.4 Å². The molecule has 2 N–H and O–H groups in total. The number of guanidine groups is 1. The van der Waals surface area contributed by atoms with Gasteiger partial charge in [-0.2, -0.15) is 4.31 Å². The van der Waals surface area contributed by atoms with Gasteiger partial charge in [-0.05, 0) is 44.4 Å². The lowest BCUT2D eigenvalue weighted by atomic mass is 9.83. The number of hydrogen-bond donors (Lipinski definition) is 2. The van der Waals surface area contributed by atoms with Crippen molar-refractivity contribution in [1.82, 2.24) is 14.9 Å². The number of ether oxygens (including phenoxy) is 1. The Balaban J connectivity index is 0.00000364. The molecule has 0 aromatic carbocycles. The number of rotatable bonds is 9. The van der Waals surface area contributed by atoms with Gasteiger partial charge >= 0.3 is 0 Å². The minimum absolute atomic E-state index is 0. The average molecular weight is 516 g/mol. The Morgan fingerprint density at radius 1 is 1.26 bits per heavy atom. The van der Waals surface area contributed by atoms with Gasteiger partial charge in [0, 0.05) is 45.9 Å². The zero-order valence-corrected chi connectivity index (χ0v) is 20.1. The SMILES string of the molecule is CCOCCC1(CNC(=NC)NC[C@H]2CCCN2S(C)(=O)=O)CCCC1.I.